The molecule has 9 nitrogen and oxygen atoms in total. The molecule has 0 radical (unpaired) electrons. The maximum atomic E-state index is 12.7. The fraction of sp³-hybridized carbons (Fsp3) is 0.667. The van der Waals surface area contributed by atoms with E-state index in [1.807, 2.05) is 20.8 Å². The summed E-state index contributed by atoms with van der Waals surface area (Å²) in [7, 11) is 1.47. The van der Waals surface area contributed by atoms with E-state index in [1.54, 1.807) is 6.08 Å². The standard InChI is InChI=1S/C18H31N5O4/c1-6-7-20-17(27)21-12-8-13(16(26)22(5)11-14(19)24)23(10-12)15(25)9-18(2,3)4/h6,12-13H,1,7-11H2,2-5H3,(H2,19,24)(H2,20,21,27). The highest BCUT2D eigenvalue weighted by molar-refractivity contribution is 5.91. The number of hydrogen-bond acceptors (Lipinski definition) is 4. The molecule has 1 fully saturated rings. The van der Waals surface area contributed by atoms with E-state index in [2.05, 4.69) is 17.2 Å². The molecule has 0 saturated carbocycles. The average Bonchev–Trinajstić information content (AvgIpc) is 2.93. The minimum Gasteiger partial charge on any atom is -0.368 e. The van der Waals surface area contributed by atoms with Gasteiger partial charge in [-0.3, -0.25) is 14.4 Å². The third-order valence-corrected chi connectivity index (χ3v) is 4.10. The summed E-state index contributed by atoms with van der Waals surface area (Å²) in [5.41, 5.74) is 4.92. The lowest BCUT2D eigenvalue weighted by Crippen LogP contribution is -2.49. The molecule has 1 aliphatic heterocycles. The minimum atomic E-state index is -0.742. The number of amides is 5. The first-order valence-corrected chi connectivity index (χ1v) is 8.92. The Balaban J connectivity index is 2.91. The Kier molecular flexibility index (Phi) is 7.81. The lowest BCUT2D eigenvalue weighted by molar-refractivity contribution is -0.144. The monoisotopic (exact) mass is 381 g/mol. The van der Waals surface area contributed by atoms with Crippen LogP contribution in [-0.4, -0.2) is 72.3 Å². The Morgan fingerprint density at radius 3 is 2.44 bits per heavy atom. The van der Waals surface area contributed by atoms with E-state index in [1.165, 1.54) is 16.8 Å². The van der Waals surface area contributed by atoms with Gasteiger partial charge in [-0.25, -0.2) is 4.79 Å². The molecular formula is C18H31N5O4. The molecule has 152 valence electrons. The Labute approximate surface area is 160 Å². The molecule has 4 N–H and O–H groups in total. The van der Waals surface area contributed by atoms with Crippen LogP contribution in [-0.2, 0) is 14.4 Å². The quantitative estimate of drug-likeness (QED) is 0.529. The highest BCUT2D eigenvalue weighted by Gasteiger charge is 2.42. The van der Waals surface area contributed by atoms with Crippen molar-refractivity contribution in [2.45, 2.75) is 45.7 Å². The van der Waals surface area contributed by atoms with Crippen molar-refractivity contribution in [2.24, 2.45) is 11.1 Å². The maximum Gasteiger partial charge on any atom is 0.315 e. The Bertz CT molecular complexity index is 599. The second-order valence-electron chi connectivity index (χ2n) is 8.04. The Morgan fingerprint density at radius 2 is 1.93 bits per heavy atom. The summed E-state index contributed by atoms with van der Waals surface area (Å²) in [5, 5.41) is 5.38. The third-order valence-electron chi connectivity index (χ3n) is 4.10. The molecule has 2 unspecified atom stereocenters. The number of nitrogens with zero attached hydrogens (tertiary/aromatic N) is 2. The number of primary amides is 1. The molecule has 1 saturated heterocycles. The fourth-order valence-electron chi connectivity index (χ4n) is 2.97. The van der Waals surface area contributed by atoms with E-state index in [0.29, 0.717) is 6.54 Å². The highest BCUT2D eigenvalue weighted by Crippen LogP contribution is 2.26. The molecule has 0 spiro atoms. The zero-order chi connectivity index (χ0) is 20.8. The van der Waals surface area contributed by atoms with Crippen molar-refractivity contribution >= 4 is 23.8 Å². The molecule has 5 amide bonds. The SMILES string of the molecule is C=CCNC(=O)NC1CC(C(=O)N(C)CC(N)=O)N(C(=O)CC(C)(C)C)C1. The summed E-state index contributed by atoms with van der Waals surface area (Å²) in [5.74, 6) is -1.16. The molecule has 0 aromatic rings. The van der Waals surface area contributed by atoms with Gasteiger partial charge >= 0.3 is 6.03 Å². The van der Waals surface area contributed by atoms with Gasteiger partial charge in [-0.2, -0.15) is 0 Å². The molecule has 0 aromatic carbocycles. The van der Waals surface area contributed by atoms with Crippen LogP contribution in [0.1, 0.15) is 33.6 Å². The van der Waals surface area contributed by atoms with Crippen molar-refractivity contribution in [1.29, 1.82) is 0 Å². The van der Waals surface area contributed by atoms with Gasteiger partial charge in [0.25, 0.3) is 0 Å². The highest BCUT2D eigenvalue weighted by atomic mass is 16.2. The summed E-state index contributed by atoms with van der Waals surface area (Å²) in [4.78, 5) is 51.2. The first-order chi connectivity index (χ1) is 12.4. The van der Waals surface area contributed by atoms with E-state index < -0.39 is 11.9 Å². The van der Waals surface area contributed by atoms with Gasteiger partial charge in [0.05, 0.1) is 12.6 Å². The number of hydrogen-bond donors (Lipinski definition) is 3. The van der Waals surface area contributed by atoms with Crippen molar-refractivity contribution in [3.63, 3.8) is 0 Å². The topological polar surface area (TPSA) is 125 Å². The van der Waals surface area contributed by atoms with Crippen LogP contribution in [0.15, 0.2) is 12.7 Å². The van der Waals surface area contributed by atoms with Gasteiger partial charge in [-0.05, 0) is 11.8 Å². The van der Waals surface area contributed by atoms with E-state index in [9.17, 15) is 19.2 Å². The summed E-state index contributed by atoms with van der Waals surface area (Å²) in [6.07, 6.45) is 2.10. The smallest absolute Gasteiger partial charge is 0.315 e. The Morgan fingerprint density at radius 1 is 1.30 bits per heavy atom. The normalized spacial score (nSPS) is 19.3. The molecule has 0 bridgehead atoms. The number of nitrogens with two attached hydrogens (primary N) is 1. The van der Waals surface area contributed by atoms with Crippen molar-refractivity contribution in [3.05, 3.63) is 12.7 Å². The molecule has 0 aromatic heterocycles. The molecule has 0 aliphatic carbocycles. The van der Waals surface area contributed by atoms with Gasteiger partial charge in [0.1, 0.15) is 6.04 Å². The average molecular weight is 381 g/mol. The molecule has 27 heavy (non-hydrogen) atoms. The second-order valence-corrected chi connectivity index (χ2v) is 8.04. The summed E-state index contributed by atoms with van der Waals surface area (Å²) in [6, 6.07) is -1.50. The summed E-state index contributed by atoms with van der Waals surface area (Å²) in [6.45, 7) is 9.67. The van der Waals surface area contributed by atoms with Crippen LogP contribution < -0.4 is 16.4 Å². The number of urea groups is 1. The predicted molar refractivity (Wildman–Crippen MR) is 102 cm³/mol. The number of likely N-dealkylation sites (tertiary alicyclic amines) is 1. The lowest BCUT2D eigenvalue weighted by atomic mass is 9.91. The molecule has 1 rings (SSSR count). The number of rotatable bonds is 7. The van der Waals surface area contributed by atoms with Gasteiger partial charge in [-0.1, -0.05) is 26.8 Å². The van der Waals surface area contributed by atoms with Crippen molar-refractivity contribution in [2.75, 3.05) is 26.7 Å². The zero-order valence-corrected chi connectivity index (χ0v) is 16.6. The molecule has 2 atom stereocenters. The second kappa shape index (κ2) is 9.38. The van der Waals surface area contributed by atoms with Gasteiger partial charge < -0.3 is 26.2 Å². The zero-order valence-electron chi connectivity index (χ0n) is 16.6. The van der Waals surface area contributed by atoms with Crippen LogP contribution in [0.25, 0.3) is 0 Å². The van der Waals surface area contributed by atoms with Gasteiger partial charge in [-0.15, -0.1) is 6.58 Å². The van der Waals surface area contributed by atoms with Gasteiger partial charge in [0.2, 0.25) is 17.7 Å². The maximum absolute atomic E-state index is 12.7. The van der Waals surface area contributed by atoms with Crippen molar-refractivity contribution in [1.82, 2.24) is 20.4 Å². The van der Waals surface area contributed by atoms with E-state index in [-0.39, 0.29) is 55.2 Å². The predicted octanol–water partition coefficient (Wildman–Crippen LogP) is -0.179. The lowest BCUT2D eigenvalue weighted by Gasteiger charge is -2.29. The Hall–Kier alpha value is -2.58. The fourth-order valence-corrected chi connectivity index (χ4v) is 2.97. The van der Waals surface area contributed by atoms with E-state index in [4.69, 9.17) is 5.73 Å². The first-order valence-electron chi connectivity index (χ1n) is 8.92. The van der Waals surface area contributed by atoms with Crippen LogP contribution in [0.2, 0.25) is 0 Å². The minimum absolute atomic E-state index is 0.163. The number of carbonyl (C=O) groups is 4. The summed E-state index contributed by atoms with van der Waals surface area (Å²) >= 11 is 0. The first kappa shape index (κ1) is 22.5. The third kappa shape index (κ3) is 7.28. The van der Waals surface area contributed by atoms with E-state index >= 15 is 0 Å². The van der Waals surface area contributed by atoms with Crippen molar-refractivity contribution < 1.29 is 19.2 Å². The largest absolute Gasteiger partial charge is 0.368 e. The van der Waals surface area contributed by atoms with Gasteiger partial charge in [0.15, 0.2) is 0 Å². The van der Waals surface area contributed by atoms with Crippen LogP contribution in [0.5, 0.6) is 0 Å². The molecule has 1 aliphatic rings. The molecule has 1 heterocycles. The van der Waals surface area contributed by atoms with Gasteiger partial charge in [0, 0.05) is 26.6 Å². The van der Waals surface area contributed by atoms with Crippen LogP contribution >= 0.6 is 0 Å². The number of nitrogens with one attached hydrogen (secondary N) is 2. The van der Waals surface area contributed by atoms with Crippen LogP contribution in [0, 0.1) is 5.41 Å². The summed E-state index contributed by atoms with van der Waals surface area (Å²) < 4.78 is 0. The van der Waals surface area contributed by atoms with E-state index in [0.717, 1.165) is 0 Å². The molecule has 9 heteroatoms. The van der Waals surface area contributed by atoms with Crippen molar-refractivity contribution in [3.8, 4) is 0 Å². The van der Waals surface area contributed by atoms with Crippen LogP contribution in [0.3, 0.4) is 0 Å². The number of likely N-dealkylation sites (N-methyl/N-ethyl adjacent to an activating group) is 1. The molecular weight excluding hydrogens is 350 g/mol. The number of carbonyl (C=O) groups excluding carboxylic acids is 4. The van der Waals surface area contributed by atoms with Crippen LogP contribution in [0.4, 0.5) is 4.79 Å².